The number of hydrogen-bond acceptors (Lipinski definition) is 5. The van der Waals surface area contributed by atoms with Crippen LogP contribution in [0.2, 0.25) is 0 Å². The molecule has 1 aromatic heterocycles. The normalized spacial score (nSPS) is 10.9. The Morgan fingerprint density at radius 3 is 2.54 bits per heavy atom. The molecule has 0 fully saturated rings. The van der Waals surface area contributed by atoms with E-state index in [1.165, 1.54) is 5.56 Å². The molecular formula is C21H26ClN3OS2. The van der Waals surface area contributed by atoms with Crippen LogP contribution >= 0.6 is 35.5 Å². The van der Waals surface area contributed by atoms with Gasteiger partial charge in [0.25, 0.3) is 5.91 Å². The van der Waals surface area contributed by atoms with Crippen molar-refractivity contribution in [3.05, 3.63) is 53.6 Å². The van der Waals surface area contributed by atoms with Gasteiger partial charge in [-0.1, -0.05) is 42.5 Å². The minimum absolute atomic E-state index is 0. The van der Waals surface area contributed by atoms with E-state index in [1.807, 2.05) is 49.5 Å². The number of thiazole rings is 1. The number of thioether (sulfide) groups is 1. The van der Waals surface area contributed by atoms with Gasteiger partial charge >= 0.3 is 0 Å². The third-order valence-electron chi connectivity index (χ3n) is 4.46. The van der Waals surface area contributed by atoms with Gasteiger partial charge in [0.1, 0.15) is 0 Å². The molecule has 0 spiro atoms. The van der Waals surface area contributed by atoms with Gasteiger partial charge in [-0.05, 0) is 50.5 Å². The number of carbonyl (C=O) groups is 1. The predicted molar refractivity (Wildman–Crippen MR) is 125 cm³/mol. The maximum absolute atomic E-state index is 13.4. The molecule has 0 saturated carbocycles. The second-order valence-electron chi connectivity index (χ2n) is 6.57. The molecule has 4 nitrogen and oxygen atoms in total. The number of benzene rings is 2. The third kappa shape index (κ3) is 4.87. The lowest BCUT2D eigenvalue weighted by Gasteiger charge is -2.22. The lowest BCUT2D eigenvalue weighted by atomic mass is 10.1. The molecule has 0 radical (unpaired) electrons. The van der Waals surface area contributed by atoms with Crippen LogP contribution in [0, 0.1) is 0 Å². The molecular weight excluding hydrogens is 410 g/mol. The Kier molecular flexibility index (Phi) is 8.31. The fourth-order valence-electron chi connectivity index (χ4n) is 2.95. The summed E-state index contributed by atoms with van der Waals surface area (Å²) >= 11 is 3.19. The number of likely N-dealkylation sites (N-methyl/N-ethyl adjacent to an activating group) is 1. The van der Waals surface area contributed by atoms with Crippen molar-refractivity contribution in [1.29, 1.82) is 0 Å². The smallest absolute Gasteiger partial charge is 0.261 e. The summed E-state index contributed by atoms with van der Waals surface area (Å²) in [6, 6.07) is 14.1. The summed E-state index contributed by atoms with van der Waals surface area (Å²) < 4.78 is 1.13. The van der Waals surface area contributed by atoms with E-state index in [1.54, 1.807) is 23.1 Å². The molecule has 3 aromatic rings. The van der Waals surface area contributed by atoms with Crippen LogP contribution < -0.4 is 4.90 Å². The number of halogens is 1. The highest BCUT2D eigenvalue weighted by molar-refractivity contribution is 7.98. The minimum Gasteiger partial charge on any atom is -0.308 e. The van der Waals surface area contributed by atoms with Crippen molar-refractivity contribution >= 4 is 56.8 Å². The Hall–Kier alpha value is -1.60. The van der Waals surface area contributed by atoms with E-state index >= 15 is 0 Å². The molecule has 2 aromatic carbocycles. The topological polar surface area (TPSA) is 36.4 Å². The predicted octanol–water partition coefficient (Wildman–Crippen LogP) is 5.21. The van der Waals surface area contributed by atoms with E-state index in [2.05, 4.69) is 30.0 Å². The molecule has 1 heterocycles. The van der Waals surface area contributed by atoms with Gasteiger partial charge in [-0.2, -0.15) is 0 Å². The molecule has 0 atom stereocenters. The lowest BCUT2D eigenvalue weighted by molar-refractivity contribution is 0.0982. The van der Waals surface area contributed by atoms with Gasteiger partial charge in [0.15, 0.2) is 5.13 Å². The van der Waals surface area contributed by atoms with E-state index in [-0.39, 0.29) is 18.3 Å². The van der Waals surface area contributed by atoms with Crippen molar-refractivity contribution in [2.45, 2.75) is 18.2 Å². The second-order valence-corrected chi connectivity index (χ2v) is 8.43. The zero-order valence-corrected chi connectivity index (χ0v) is 19.1. The van der Waals surface area contributed by atoms with Crippen LogP contribution in [0.25, 0.3) is 10.2 Å². The SMILES string of the molecule is CCc1cccc2sc(N(CCN(C)C)C(=O)c3ccccc3SC)nc12.Cl. The van der Waals surface area contributed by atoms with Gasteiger partial charge in [-0.3, -0.25) is 9.69 Å². The maximum Gasteiger partial charge on any atom is 0.261 e. The lowest BCUT2D eigenvalue weighted by Crippen LogP contribution is -2.37. The average molecular weight is 436 g/mol. The van der Waals surface area contributed by atoms with Crippen LogP contribution in [-0.4, -0.2) is 49.2 Å². The Bertz CT molecular complexity index is 942. The Balaban J connectivity index is 0.00000280. The van der Waals surface area contributed by atoms with E-state index < -0.39 is 0 Å². The van der Waals surface area contributed by atoms with Crippen molar-refractivity contribution < 1.29 is 4.79 Å². The number of aryl methyl sites for hydroxylation is 1. The van der Waals surface area contributed by atoms with Crippen molar-refractivity contribution in [3.63, 3.8) is 0 Å². The molecule has 0 bridgehead atoms. The molecule has 0 aliphatic rings. The second kappa shape index (κ2) is 10.3. The first-order valence-corrected chi connectivity index (χ1v) is 11.1. The highest BCUT2D eigenvalue weighted by atomic mass is 35.5. The summed E-state index contributed by atoms with van der Waals surface area (Å²) in [4.78, 5) is 23.2. The first-order chi connectivity index (χ1) is 13.0. The largest absolute Gasteiger partial charge is 0.308 e. The summed E-state index contributed by atoms with van der Waals surface area (Å²) in [5, 5.41) is 0.772. The quantitative estimate of drug-likeness (QED) is 0.477. The first kappa shape index (κ1) is 22.7. The van der Waals surface area contributed by atoms with Gasteiger partial charge in [0, 0.05) is 18.0 Å². The fraction of sp³-hybridized carbons (Fsp3) is 0.333. The van der Waals surface area contributed by atoms with Crippen molar-refractivity contribution in [2.75, 3.05) is 38.3 Å². The number of anilines is 1. The molecule has 28 heavy (non-hydrogen) atoms. The van der Waals surface area contributed by atoms with Crippen LogP contribution in [0.4, 0.5) is 5.13 Å². The van der Waals surface area contributed by atoms with Gasteiger partial charge in [0.2, 0.25) is 0 Å². The number of carbonyl (C=O) groups excluding carboxylic acids is 1. The number of amides is 1. The van der Waals surface area contributed by atoms with Crippen LogP contribution in [0.15, 0.2) is 47.4 Å². The summed E-state index contributed by atoms with van der Waals surface area (Å²) in [7, 11) is 4.04. The standard InChI is InChI=1S/C21H25N3OS2.ClH/c1-5-15-9-8-12-18-19(15)22-21(27-18)24(14-13-23(2)3)20(25)16-10-6-7-11-17(16)26-4;/h6-12H,5,13-14H2,1-4H3;1H. The van der Waals surface area contributed by atoms with E-state index in [9.17, 15) is 4.79 Å². The number of fused-ring (bicyclic) bond motifs is 1. The van der Waals surface area contributed by atoms with Gasteiger partial charge in [-0.15, -0.1) is 24.2 Å². The monoisotopic (exact) mass is 435 g/mol. The summed E-state index contributed by atoms with van der Waals surface area (Å²) in [5.41, 5.74) is 2.97. The molecule has 0 aliphatic heterocycles. The average Bonchev–Trinajstić information content (AvgIpc) is 3.11. The van der Waals surface area contributed by atoms with Gasteiger partial charge in [0.05, 0.1) is 15.8 Å². The molecule has 3 rings (SSSR count). The minimum atomic E-state index is 0. The molecule has 0 aliphatic carbocycles. The molecule has 0 unspecified atom stereocenters. The number of hydrogen-bond donors (Lipinski definition) is 0. The van der Waals surface area contributed by atoms with Crippen LogP contribution in [-0.2, 0) is 6.42 Å². The zero-order valence-electron chi connectivity index (χ0n) is 16.6. The number of para-hydroxylation sites is 1. The van der Waals surface area contributed by atoms with Gasteiger partial charge < -0.3 is 4.90 Å². The van der Waals surface area contributed by atoms with E-state index in [4.69, 9.17) is 4.98 Å². The zero-order chi connectivity index (χ0) is 19.4. The molecule has 1 amide bonds. The molecule has 0 N–H and O–H groups in total. The maximum atomic E-state index is 13.4. The van der Waals surface area contributed by atoms with Crippen molar-refractivity contribution in [2.24, 2.45) is 0 Å². The number of aromatic nitrogens is 1. The Morgan fingerprint density at radius 1 is 1.11 bits per heavy atom. The molecule has 0 saturated heterocycles. The van der Waals surface area contributed by atoms with Crippen molar-refractivity contribution in [1.82, 2.24) is 9.88 Å². The third-order valence-corrected chi connectivity index (χ3v) is 6.30. The molecule has 150 valence electrons. The van der Waals surface area contributed by atoms with Crippen LogP contribution in [0.5, 0.6) is 0 Å². The Morgan fingerprint density at radius 2 is 1.86 bits per heavy atom. The van der Waals surface area contributed by atoms with Crippen molar-refractivity contribution in [3.8, 4) is 0 Å². The summed E-state index contributed by atoms with van der Waals surface area (Å²) in [5.74, 6) is 0.0129. The number of rotatable bonds is 7. The van der Waals surface area contributed by atoms with Crippen LogP contribution in [0.1, 0.15) is 22.8 Å². The molecule has 7 heteroatoms. The highest BCUT2D eigenvalue weighted by Crippen LogP contribution is 2.32. The number of nitrogens with zero attached hydrogens (tertiary/aromatic N) is 3. The van der Waals surface area contributed by atoms with Crippen LogP contribution in [0.3, 0.4) is 0 Å². The summed E-state index contributed by atoms with van der Waals surface area (Å²) in [6.07, 6.45) is 2.93. The van der Waals surface area contributed by atoms with Gasteiger partial charge in [-0.25, -0.2) is 4.98 Å². The first-order valence-electron chi connectivity index (χ1n) is 9.03. The van der Waals surface area contributed by atoms with E-state index in [0.717, 1.165) is 38.8 Å². The van der Waals surface area contributed by atoms with E-state index in [0.29, 0.717) is 6.54 Å². The highest BCUT2D eigenvalue weighted by Gasteiger charge is 2.23. The summed E-state index contributed by atoms with van der Waals surface area (Å²) in [6.45, 7) is 3.52. The Labute approximate surface area is 181 Å². The fourth-order valence-corrected chi connectivity index (χ4v) is 4.57.